The summed E-state index contributed by atoms with van der Waals surface area (Å²) >= 11 is 0. The summed E-state index contributed by atoms with van der Waals surface area (Å²) in [5.74, 6) is 3.02. The van der Waals surface area contributed by atoms with Crippen LogP contribution < -0.4 is 0 Å². The molecule has 2 saturated carbocycles. The lowest BCUT2D eigenvalue weighted by atomic mass is 9.86. The second kappa shape index (κ2) is 4.85. The summed E-state index contributed by atoms with van der Waals surface area (Å²) in [5.41, 5.74) is 2.33. The average Bonchev–Trinajstić information content (AvgIpc) is 3.14. The zero-order chi connectivity index (χ0) is 14.6. The van der Waals surface area contributed by atoms with Gasteiger partial charge in [0, 0.05) is 25.6 Å². The summed E-state index contributed by atoms with van der Waals surface area (Å²) < 4.78 is 2.26. The van der Waals surface area contributed by atoms with Gasteiger partial charge in [-0.25, -0.2) is 4.98 Å². The van der Waals surface area contributed by atoms with Crippen LogP contribution in [0.3, 0.4) is 0 Å². The van der Waals surface area contributed by atoms with Gasteiger partial charge in [0.25, 0.3) is 0 Å². The minimum atomic E-state index is -0.666. The second-order valence-electron chi connectivity index (χ2n) is 7.40. The fraction of sp³-hybridized carbons (Fsp3) is 0.765. The summed E-state index contributed by atoms with van der Waals surface area (Å²) in [5, 5.41) is 9.21. The third-order valence-electron chi connectivity index (χ3n) is 6.24. The molecule has 114 valence electrons. The third-order valence-corrected chi connectivity index (χ3v) is 6.24. The molecular weight excluding hydrogens is 264 g/mol. The maximum Gasteiger partial charge on any atom is 0.306 e. The van der Waals surface area contributed by atoms with Crippen LogP contribution in [0, 0.1) is 23.7 Å². The van der Waals surface area contributed by atoms with E-state index in [-0.39, 0.29) is 5.92 Å². The first-order valence-electron chi connectivity index (χ1n) is 8.38. The van der Waals surface area contributed by atoms with Gasteiger partial charge in [0.15, 0.2) is 0 Å². The van der Waals surface area contributed by atoms with Crippen molar-refractivity contribution >= 4 is 5.97 Å². The molecule has 3 aliphatic rings. The predicted molar refractivity (Wildman–Crippen MR) is 79.0 cm³/mol. The lowest BCUT2D eigenvalue weighted by molar-refractivity contribution is -0.142. The molecule has 1 heterocycles. The number of aliphatic carboxylic acids is 1. The van der Waals surface area contributed by atoms with Crippen LogP contribution in [0.5, 0.6) is 0 Å². The molecule has 0 radical (unpaired) electrons. The van der Waals surface area contributed by atoms with E-state index in [2.05, 4.69) is 11.6 Å². The number of aromatic nitrogens is 2. The first-order chi connectivity index (χ1) is 10.1. The molecule has 0 aromatic carbocycles. The summed E-state index contributed by atoms with van der Waals surface area (Å²) in [6.45, 7) is 0. The first kappa shape index (κ1) is 13.4. The summed E-state index contributed by atoms with van der Waals surface area (Å²) in [6, 6.07) is 0. The number of rotatable bonds is 3. The minimum Gasteiger partial charge on any atom is -0.481 e. The fourth-order valence-corrected chi connectivity index (χ4v) is 5.02. The molecule has 1 aromatic heterocycles. The summed E-state index contributed by atoms with van der Waals surface area (Å²) in [6.07, 6.45) is 9.04. The van der Waals surface area contributed by atoms with Crippen LogP contribution in [0.4, 0.5) is 0 Å². The van der Waals surface area contributed by atoms with E-state index in [9.17, 15) is 9.90 Å². The molecule has 0 saturated heterocycles. The Morgan fingerprint density at radius 3 is 2.86 bits per heavy atom. The number of nitrogens with zero attached hydrogens (tertiary/aromatic N) is 2. The van der Waals surface area contributed by atoms with Crippen LogP contribution in [-0.4, -0.2) is 20.6 Å². The van der Waals surface area contributed by atoms with Gasteiger partial charge in [0.2, 0.25) is 0 Å². The topological polar surface area (TPSA) is 55.1 Å². The van der Waals surface area contributed by atoms with Gasteiger partial charge in [-0.3, -0.25) is 4.79 Å². The van der Waals surface area contributed by atoms with Gasteiger partial charge in [0.05, 0.1) is 11.6 Å². The Labute approximate surface area is 125 Å². The summed E-state index contributed by atoms with van der Waals surface area (Å²) in [4.78, 5) is 16.0. The number of carbonyl (C=O) groups is 1. The highest BCUT2D eigenvalue weighted by Crippen LogP contribution is 2.49. The van der Waals surface area contributed by atoms with Gasteiger partial charge in [0.1, 0.15) is 5.82 Å². The van der Waals surface area contributed by atoms with Crippen LogP contribution >= 0.6 is 0 Å². The van der Waals surface area contributed by atoms with Gasteiger partial charge in [-0.1, -0.05) is 6.42 Å². The molecule has 1 N–H and O–H groups in total. The van der Waals surface area contributed by atoms with Crippen LogP contribution in [0.1, 0.15) is 49.3 Å². The van der Waals surface area contributed by atoms with Crippen molar-refractivity contribution in [2.45, 2.75) is 51.4 Å². The van der Waals surface area contributed by atoms with Gasteiger partial charge in [-0.15, -0.1) is 0 Å². The first-order valence-corrected chi connectivity index (χ1v) is 8.38. The van der Waals surface area contributed by atoms with Crippen molar-refractivity contribution in [3.8, 4) is 0 Å². The highest BCUT2D eigenvalue weighted by atomic mass is 16.4. The SMILES string of the molecule is Cn1c(CC2CC3CCC2C3)nc2c1CCC(C(=O)O)C2. The van der Waals surface area contributed by atoms with Gasteiger partial charge in [-0.2, -0.15) is 0 Å². The van der Waals surface area contributed by atoms with Crippen molar-refractivity contribution in [2.75, 3.05) is 0 Å². The lowest BCUT2D eigenvalue weighted by Gasteiger charge is -2.21. The Bertz CT molecular complexity index is 578. The van der Waals surface area contributed by atoms with Crippen LogP contribution in [0.2, 0.25) is 0 Å². The molecule has 21 heavy (non-hydrogen) atoms. The molecule has 0 spiro atoms. The number of carboxylic acid groups (broad SMARTS) is 1. The Morgan fingerprint density at radius 2 is 2.19 bits per heavy atom. The maximum atomic E-state index is 11.2. The molecular formula is C17H24N2O2. The molecule has 4 rings (SSSR count). The largest absolute Gasteiger partial charge is 0.481 e. The Hall–Kier alpha value is -1.32. The number of hydrogen-bond acceptors (Lipinski definition) is 2. The molecule has 2 bridgehead atoms. The minimum absolute atomic E-state index is 0.234. The fourth-order valence-electron chi connectivity index (χ4n) is 5.02. The van der Waals surface area contributed by atoms with Crippen molar-refractivity contribution in [1.82, 2.24) is 9.55 Å². The van der Waals surface area contributed by atoms with E-state index in [0.29, 0.717) is 6.42 Å². The van der Waals surface area contributed by atoms with Gasteiger partial charge < -0.3 is 9.67 Å². The summed E-state index contributed by atoms with van der Waals surface area (Å²) in [7, 11) is 2.12. The predicted octanol–water partition coefficient (Wildman–Crippen LogP) is 2.59. The molecule has 4 unspecified atom stereocenters. The Morgan fingerprint density at radius 1 is 1.33 bits per heavy atom. The van der Waals surface area contributed by atoms with E-state index in [4.69, 9.17) is 4.98 Å². The van der Waals surface area contributed by atoms with E-state index in [1.165, 1.54) is 37.2 Å². The number of imidazole rings is 1. The van der Waals surface area contributed by atoms with E-state index < -0.39 is 5.97 Å². The molecule has 1 aromatic rings. The maximum absolute atomic E-state index is 11.2. The molecule has 0 amide bonds. The number of hydrogen-bond donors (Lipinski definition) is 1. The standard InChI is InChI=1S/C17H24N2O2/c1-19-15-5-4-12(17(20)21)8-14(15)18-16(19)9-13-7-10-2-3-11(13)6-10/h10-13H,2-9H2,1H3,(H,20,21). The second-order valence-corrected chi connectivity index (χ2v) is 7.40. The smallest absolute Gasteiger partial charge is 0.306 e. The highest BCUT2D eigenvalue weighted by Gasteiger charge is 2.40. The van der Waals surface area contributed by atoms with Crippen LogP contribution in [0.25, 0.3) is 0 Å². The lowest BCUT2D eigenvalue weighted by Crippen LogP contribution is -2.22. The average molecular weight is 288 g/mol. The molecule has 2 fully saturated rings. The van der Waals surface area contributed by atoms with Crippen molar-refractivity contribution in [3.05, 3.63) is 17.2 Å². The molecule has 4 atom stereocenters. The van der Waals surface area contributed by atoms with Crippen molar-refractivity contribution in [3.63, 3.8) is 0 Å². The highest BCUT2D eigenvalue weighted by molar-refractivity contribution is 5.70. The Balaban J connectivity index is 1.53. The van der Waals surface area contributed by atoms with Crippen molar-refractivity contribution in [2.24, 2.45) is 30.7 Å². The van der Waals surface area contributed by atoms with Crippen LogP contribution in [0.15, 0.2) is 0 Å². The zero-order valence-corrected chi connectivity index (χ0v) is 12.7. The quantitative estimate of drug-likeness (QED) is 0.930. The molecule has 4 heteroatoms. The number of fused-ring (bicyclic) bond motifs is 3. The monoisotopic (exact) mass is 288 g/mol. The van der Waals surface area contributed by atoms with E-state index >= 15 is 0 Å². The molecule has 0 aliphatic heterocycles. The number of carboxylic acids is 1. The Kier molecular flexibility index (Phi) is 3.09. The normalized spacial score (nSPS) is 34.1. The van der Waals surface area contributed by atoms with E-state index in [1.807, 2.05) is 0 Å². The van der Waals surface area contributed by atoms with Gasteiger partial charge in [-0.05, 0) is 49.9 Å². The van der Waals surface area contributed by atoms with Crippen molar-refractivity contribution in [1.29, 1.82) is 0 Å². The third kappa shape index (κ3) is 2.19. The molecule has 4 nitrogen and oxygen atoms in total. The van der Waals surface area contributed by atoms with E-state index in [1.54, 1.807) is 0 Å². The van der Waals surface area contributed by atoms with Crippen molar-refractivity contribution < 1.29 is 9.90 Å². The van der Waals surface area contributed by atoms with Gasteiger partial charge >= 0.3 is 5.97 Å². The zero-order valence-electron chi connectivity index (χ0n) is 12.7. The molecule has 3 aliphatic carbocycles. The van der Waals surface area contributed by atoms with E-state index in [0.717, 1.165) is 42.7 Å². The van der Waals surface area contributed by atoms with Crippen LogP contribution in [-0.2, 0) is 31.1 Å².